The summed E-state index contributed by atoms with van der Waals surface area (Å²) in [6, 6.07) is -0.157. The molecule has 0 atom stereocenters. The van der Waals surface area contributed by atoms with Crippen LogP contribution in [0.25, 0.3) is 0 Å². The highest BCUT2D eigenvalue weighted by molar-refractivity contribution is 7.84. The zero-order valence-corrected chi connectivity index (χ0v) is 6.32. The second-order valence-corrected chi connectivity index (χ2v) is 3.65. The lowest BCUT2D eigenvalue weighted by atomic mass is 10.3. The number of hydrogen-bond donors (Lipinski definition) is 1. The zero-order chi connectivity index (χ0) is 7.61. The number of nitrogens with one attached hydrogen (secondary N) is 1. The first kappa shape index (κ1) is 7.94. The highest BCUT2D eigenvalue weighted by Crippen LogP contribution is 2.18. The van der Waals surface area contributed by atoms with Gasteiger partial charge in [0.1, 0.15) is 0 Å². The molecule has 10 heavy (non-hydrogen) atoms. The van der Waals surface area contributed by atoms with Crippen LogP contribution in [-0.2, 0) is 10.4 Å². The molecule has 3 nitrogen and oxygen atoms in total. The Morgan fingerprint density at radius 2 is 1.80 bits per heavy atom. The van der Waals surface area contributed by atoms with E-state index in [-0.39, 0.29) is 6.04 Å². The number of hydrogen-bond acceptors (Lipinski definition) is 2. The Bertz CT molecular complexity index is 196. The van der Waals surface area contributed by atoms with Crippen molar-refractivity contribution in [2.24, 2.45) is 0 Å². The fraction of sp³-hybridized carbons (Fsp3) is 1.00. The third-order valence-corrected chi connectivity index (χ3v) is 2.28. The second-order valence-electron chi connectivity index (χ2n) is 2.54. The van der Waals surface area contributed by atoms with Gasteiger partial charge in [-0.05, 0) is 12.8 Å². The first-order chi connectivity index (χ1) is 4.58. The van der Waals surface area contributed by atoms with Crippen LogP contribution in [0.2, 0.25) is 0 Å². The molecular formula is C5H10FNO2S. The van der Waals surface area contributed by atoms with Crippen molar-refractivity contribution in [3.05, 3.63) is 0 Å². The number of rotatable bonds is 2. The molecule has 5 heteroatoms. The molecule has 1 rings (SSSR count). The van der Waals surface area contributed by atoms with Crippen LogP contribution in [0.15, 0.2) is 0 Å². The quantitative estimate of drug-likeness (QED) is 0.616. The van der Waals surface area contributed by atoms with Crippen LogP contribution < -0.4 is 4.72 Å². The smallest absolute Gasteiger partial charge is 0.185 e. The van der Waals surface area contributed by atoms with E-state index in [0.717, 1.165) is 25.7 Å². The summed E-state index contributed by atoms with van der Waals surface area (Å²) in [5.41, 5.74) is 0. The maximum absolute atomic E-state index is 11.9. The fourth-order valence-electron chi connectivity index (χ4n) is 1.24. The largest absolute Gasteiger partial charge is 0.372 e. The van der Waals surface area contributed by atoms with Gasteiger partial charge in [-0.15, -0.1) is 0 Å². The second kappa shape index (κ2) is 2.84. The van der Waals surface area contributed by atoms with Crippen molar-refractivity contribution < 1.29 is 12.3 Å². The SMILES string of the molecule is O=S(=O)(F)NC1CCCC1. The van der Waals surface area contributed by atoms with Gasteiger partial charge in [-0.2, -0.15) is 13.1 Å². The van der Waals surface area contributed by atoms with E-state index in [9.17, 15) is 12.3 Å². The summed E-state index contributed by atoms with van der Waals surface area (Å²) in [6.07, 6.45) is 3.52. The average Bonchev–Trinajstić information content (AvgIpc) is 2.12. The molecule has 0 heterocycles. The minimum atomic E-state index is -4.46. The van der Waals surface area contributed by atoms with E-state index in [1.165, 1.54) is 0 Å². The van der Waals surface area contributed by atoms with Crippen LogP contribution in [0.5, 0.6) is 0 Å². The van der Waals surface area contributed by atoms with Gasteiger partial charge in [-0.1, -0.05) is 16.7 Å². The topological polar surface area (TPSA) is 46.2 Å². The molecule has 1 N–H and O–H groups in total. The Labute approximate surface area is 60.0 Å². The first-order valence-electron chi connectivity index (χ1n) is 3.30. The van der Waals surface area contributed by atoms with E-state index in [0.29, 0.717) is 0 Å². The maximum atomic E-state index is 11.9. The molecule has 0 amide bonds. The van der Waals surface area contributed by atoms with Crippen molar-refractivity contribution in [2.75, 3.05) is 0 Å². The summed E-state index contributed by atoms with van der Waals surface area (Å²) in [6.45, 7) is 0. The van der Waals surface area contributed by atoms with Crippen LogP contribution in [0.4, 0.5) is 3.89 Å². The lowest BCUT2D eigenvalue weighted by Crippen LogP contribution is -2.29. The van der Waals surface area contributed by atoms with Crippen molar-refractivity contribution in [2.45, 2.75) is 31.7 Å². The van der Waals surface area contributed by atoms with Crippen LogP contribution >= 0.6 is 0 Å². The Morgan fingerprint density at radius 3 is 2.20 bits per heavy atom. The van der Waals surface area contributed by atoms with E-state index in [4.69, 9.17) is 0 Å². The molecule has 1 saturated carbocycles. The molecule has 0 unspecified atom stereocenters. The van der Waals surface area contributed by atoms with Gasteiger partial charge in [0.2, 0.25) is 0 Å². The third kappa shape index (κ3) is 2.62. The Morgan fingerprint density at radius 1 is 1.30 bits per heavy atom. The minimum Gasteiger partial charge on any atom is -0.185 e. The molecule has 1 aliphatic carbocycles. The zero-order valence-electron chi connectivity index (χ0n) is 5.51. The van der Waals surface area contributed by atoms with E-state index >= 15 is 0 Å². The maximum Gasteiger partial charge on any atom is 0.372 e. The molecule has 60 valence electrons. The molecule has 1 fully saturated rings. The van der Waals surface area contributed by atoms with Crippen molar-refractivity contribution in [3.63, 3.8) is 0 Å². The summed E-state index contributed by atoms with van der Waals surface area (Å²) >= 11 is 0. The van der Waals surface area contributed by atoms with Gasteiger partial charge in [-0.3, -0.25) is 0 Å². The monoisotopic (exact) mass is 167 g/mol. The van der Waals surface area contributed by atoms with Crippen molar-refractivity contribution >= 4 is 10.4 Å². The van der Waals surface area contributed by atoms with Gasteiger partial charge in [0.05, 0.1) is 0 Å². The Balaban J connectivity index is 2.38. The predicted octanol–water partition coefficient (Wildman–Crippen LogP) is 0.733. The summed E-state index contributed by atoms with van der Waals surface area (Å²) in [5.74, 6) is 0. The highest BCUT2D eigenvalue weighted by atomic mass is 32.3. The average molecular weight is 167 g/mol. The fourth-order valence-corrected chi connectivity index (χ4v) is 1.88. The molecule has 0 bridgehead atoms. The standard InChI is InChI=1S/C5H10FNO2S/c6-10(8,9)7-5-3-1-2-4-5/h5,7H,1-4H2. The van der Waals surface area contributed by atoms with Crippen molar-refractivity contribution in [1.29, 1.82) is 0 Å². The van der Waals surface area contributed by atoms with Crippen LogP contribution in [-0.4, -0.2) is 14.5 Å². The summed E-state index contributed by atoms with van der Waals surface area (Å²) < 4.78 is 33.8. The predicted molar refractivity (Wildman–Crippen MR) is 35.4 cm³/mol. The van der Waals surface area contributed by atoms with Gasteiger partial charge < -0.3 is 0 Å². The van der Waals surface area contributed by atoms with Crippen LogP contribution in [0.3, 0.4) is 0 Å². The normalized spacial score (nSPS) is 21.7. The number of halogens is 1. The molecule has 1 aliphatic rings. The van der Waals surface area contributed by atoms with Crippen molar-refractivity contribution in [1.82, 2.24) is 4.72 Å². The van der Waals surface area contributed by atoms with Crippen molar-refractivity contribution in [3.8, 4) is 0 Å². The molecule has 0 aromatic carbocycles. The first-order valence-corrected chi connectivity index (χ1v) is 4.68. The van der Waals surface area contributed by atoms with E-state index in [1.807, 2.05) is 4.72 Å². The van der Waals surface area contributed by atoms with Gasteiger partial charge in [0.25, 0.3) is 0 Å². The highest BCUT2D eigenvalue weighted by Gasteiger charge is 2.19. The van der Waals surface area contributed by atoms with Gasteiger partial charge in [-0.25, -0.2) is 0 Å². The Hall–Kier alpha value is -0.160. The van der Waals surface area contributed by atoms with E-state index < -0.39 is 10.4 Å². The van der Waals surface area contributed by atoms with Gasteiger partial charge in [0.15, 0.2) is 0 Å². The molecule has 0 aromatic heterocycles. The van der Waals surface area contributed by atoms with Crippen LogP contribution in [0, 0.1) is 0 Å². The summed E-state index contributed by atoms with van der Waals surface area (Å²) in [7, 11) is -4.46. The molecule has 0 spiro atoms. The summed E-state index contributed by atoms with van der Waals surface area (Å²) in [4.78, 5) is 0. The molecular weight excluding hydrogens is 157 g/mol. The Kier molecular flexibility index (Phi) is 2.25. The van der Waals surface area contributed by atoms with E-state index in [2.05, 4.69) is 0 Å². The molecule has 0 aliphatic heterocycles. The van der Waals surface area contributed by atoms with Crippen LogP contribution in [0.1, 0.15) is 25.7 Å². The lowest BCUT2D eigenvalue weighted by Gasteiger charge is -2.05. The molecule has 0 aromatic rings. The van der Waals surface area contributed by atoms with Gasteiger partial charge >= 0.3 is 10.4 Å². The summed E-state index contributed by atoms with van der Waals surface area (Å²) in [5, 5.41) is 0. The molecule has 0 radical (unpaired) electrons. The van der Waals surface area contributed by atoms with Gasteiger partial charge in [0, 0.05) is 6.04 Å². The third-order valence-electron chi connectivity index (χ3n) is 1.66. The lowest BCUT2D eigenvalue weighted by molar-refractivity contribution is 0.511. The molecule has 0 saturated heterocycles. The minimum absolute atomic E-state index is 0.157. The van der Waals surface area contributed by atoms with E-state index in [1.54, 1.807) is 0 Å².